The van der Waals surface area contributed by atoms with Gasteiger partial charge in [-0.15, -0.1) is 0 Å². The first-order chi connectivity index (χ1) is 14.8. The first-order valence-corrected chi connectivity index (χ1v) is 11.5. The molecule has 31 heavy (non-hydrogen) atoms. The third-order valence-corrected chi connectivity index (χ3v) is 6.70. The summed E-state index contributed by atoms with van der Waals surface area (Å²) in [6.07, 6.45) is -0.330. The van der Waals surface area contributed by atoms with Crippen LogP contribution < -0.4 is 14.8 Å². The lowest BCUT2D eigenvalue weighted by atomic mass is 10.2. The van der Waals surface area contributed by atoms with Crippen molar-refractivity contribution in [2.75, 3.05) is 33.4 Å². The Labute approximate surface area is 183 Å². The van der Waals surface area contributed by atoms with Gasteiger partial charge in [0.15, 0.2) is 11.5 Å². The molecule has 0 radical (unpaired) electrons. The number of carbonyl (C=O) groups excluding carboxylic acids is 1. The van der Waals surface area contributed by atoms with Gasteiger partial charge in [0.1, 0.15) is 6.61 Å². The summed E-state index contributed by atoms with van der Waals surface area (Å²) in [6, 6.07) is 13.2. The molecule has 1 N–H and O–H groups in total. The Morgan fingerprint density at radius 1 is 1.06 bits per heavy atom. The number of hydrogen-bond acceptors (Lipinski definition) is 6. The van der Waals surface area contributed by atoms with Crippen LogP contribution in [0.15, 0.2) is 53.4 Å². The van der Waals surface area contributed by atoms with Gasteiger partial charge in [0.2, 0.25) is 10.0 Å². The zero-order valence-corrected chi connectivity index (χ0v) is 18.7. The van der Waals surface area contributed by atoms with E-state index in [0.717, 1.165) is 0 Å². The van der Waals surface area contributed by atoms with Crippen molar-refractivity contribution in [3.63, 3.8) is 0 Å². The Balaban J connectivity index is 1.55. The Hall–Kier alpha value is -2.62. The predicted molar refractivity (Wildman–Crippen MR) is 116 cm³/mol. The molecule has 1 saturated heterocycles. The number of carbonyl (C=O) groups is 1. The second-order valence-corrected chi connectivity index (χ2v) is 9.30. The van der Waals surface area contributed by atoms with Crippen LogP contribution in [0.25, 0.3) is 0 Å². The fraction of sp³-hybridized carbons (Fsp3) is 0.409. The molecule has 1 heterocycles. The van der Waals surface area contributed by atoms with Gasteiger partial charge in [-0.25, -0.2) is 8.42 Å². The quantitative estimate of drug-likeness (QED) is 0.623. The van der Waals surface area contributed by atoms with E-state index in [0.29, 0.717) is 36.7 Å². The van der Waals surface area contributed by atoms with Crippen molar-refractivity contribution in [1.82, 2.24) is 9.62 Å². The van der Waals surface area contributed by atoms with Crippen LogP contribution in [0, 0.1) is 0 Å². The van der Waals surface area contributed by atoms with Crippen LogP contribution >= 0.6 is 0 Å². The smallest absolute Gasteiger partial charge is 0.251 e. The van der Waals surface area contributed by atoms with Crippen LogP contribution in [0.2, 0.25) is 0 Å². The van der Waals surface area contributed by atoms with Crippen molar-refractivity contribution in [3.05, 3.63) is 54.1 Å². The van der Waals surface area contributed by atoms with Crippen LogP contribution in [0.5, 0.6) is 11.5 Å². The zero-order valence-electron chi connectivity index (χ0n) is 17.9. The van der Waals surface area contributed by atoms with Gasteiger partial charge < -0.3 is 19.5 Å². The van der Waals surface area contributed by atoms with Crippen LogP contribution in [-0.2, 0) is 14.8 Å². The highest BCUT2D eigenvalue weighted by atomic mass is 32.2. The average molecular weight is 449 g/mol. The van der Waals surface area contributed by atoms with E-state index in [1.807, 2.05) is 26.0 Å². The minimum absolute atomic E-state index is 0.157. The fourth-order valence-corrected chi connectivity index (χ4v) is 5.01. The van der Waals surface area contributed by atoms with Crippen molar-refractivity contribution in [2.45, 2.75) is 31.0 Å². The highest BCUT2D eigenvalue weighted by Gasteiger charge is 2.32. The van der Waals surface area contributed by atoms with E-state index >= 15 is 0 Å². The molecule has 0 bridgehead atoms. The van der Waals surface area contributed by atoms with Crippen molar-refractivity contribution in [2.24, 2.45) is 0 Å². The highest BCUT2D eigenvalue weighted by Crippen LogP contribution is 2.25. The fourth-order valence-electron chi connectivity index (χ4n) is 3.42. The van der Waals surface area contributed by atoms with Crippen molar-refractivity contribution in [3.8, 4) is 11.5 Å². The van der Waals surface area contributed by atoms with E-state index in [4.69, 9.17) is 14.2 Å². The molecule has 0 unspecified atom stereocenters. The van der Waals surface area contributed by atoms with Gasteiger partial charge in [-0.05, 0) is 50.2 Å². The lowest BCUT2D eigenvalue weighted by Gasteiger charge is -2.34. The zero-order chi connectivity index (χ0) is 22.4. The lowest BCUT2D eigenvalue weighted by Crippen LogP contribution is -2.48. The standard InChI is InChI=1S/C22H28N2O6S/c1-16-14-24(15-17(2)30-16)31(26,27)19-10-8-18(9-11-19)22(25)23-12-13-29-21-7-5-4-6-20(21)28-3/h4-11,16-17H,12-15H2,1-3H3,(H,23,25)/t16-,17-/m1/s1. The van der Waals surface area contributed by atoms with Gasteiger partial charge in [-0.1, -0.05) is 12.1 Å². The Morgan fingerprint density at radius 3 is 2.29 bits per heavy atom. The van der Waals surface area contributed by atoms with Crippen molar-refractivity contribution < 1.29 is 27.4 Å². The molecule has 0 spiro atoms. The average Bonchev–Trinajstić information content (AvgIpc) is 2.76. The summed E-state index contributed by atoms with van der Waals surface area (Å²) in [5, 5.41) is 2.76. The molecule has 1 aliphatic heterocycles. The third-order valence-electron chi connectivity index (χ3n) is 4.85. The number of methoxy groups -OCH3 is 1. The summed E-state index contributed by atoms with van der Waals surface area (Å²) in [5.74, 6) is 0.913. The molecule has 0 saturated carbocycles. The summed E-state index contributed by atoms with van der Waals surface area (Å²) in [4.78, 5) is 12.5. The van der Waals surface area contributed by atoms with Crippen LogP contribution in [0.1, 0.15) is 24.2 Å². The van der Waals surface area contributed by atoms with Gasteiger partial charge in [0.05, 0.1) is 30.8 Å². The third kappa shape index (κ3) is 5.75. The number of rotatable bonds is 8. The predicted octanol–water partition coefficient (Wildman–Crippen LogP) is 2.30. The summed E-state index contributed by atoms with van der Waals surface area (Å²) in [7, 11) is -2.08. The monoisotopic (exact) mass is 448 g/mol. The number of para-hydroxylation sites is 2. The Bertz CT molecular complexity index is 983. The molecule has 2 aromatic carbocycles. The van der Waals surface area contributed by atoms with Crippen molar-refractivity contribution >= 4 is 15.9 Å². The molecule has 3 rings (SSSR count). The molecule has 1 aliphatic rings. The maximum atomic E-state index is 12.9. The summed E-state index contributed by atoms with van der Waals surface area (Å²) in [5.41, 5.74) is 0.375. The number of ether oxygens (including phenoxy) is 3. The van der Waals surface area contributed by atoms with Crippen molar-refractivity contribution in [1.29, 1.82) is 0 Å². The first-order valence-electron chi connectivity index (χ1n) is 10.1. The topological polar surface area (TPSA) is 94.2 Å². The minimum Gasteiger partial charge on any atom is -0.493 e. The van der Waals surface area contributed by atoms with Gasteiger partial charge in [-0.2, -0.15) is 4.31 Å². The van der Waals surface area contributed by atoms with E-state index in [2.05, 4.69) is 5.32 Å². The van der Waals surface area contributed by atoms with Crippen LogP contribution in [0.3, 0.4) is 0 Å². The molecule has 0 aliphatic carbocycles. The molecule has 9 heteroatoms. The first kappa shape index (κ1) is 23.1. The minimum atomic E-state index is -3.64. The Kier molecular flexibility index (Phi) is 7.53. The van der Waals surface area contributed by atoms with E-state index in [9.17, 15) is 13.2 Å². The molecule has 1 fully saturated rings. The number of nitrogens with one attached hydrogen (secondary N) is 1. The molecule has 168 valence electrons. The van der Waals surface area contributed by atoms with E-state index in [-0.39, 0.29) is 29.6 Å². The maximum Gasteiger partial charge on any atom is 0.251 e. The SMILES string of the molecule is COc1ccccc1OCCNC(=O)c1ccc(S(=O)(=O)N2C[C@@H](C)O[C@H](C)C2)cc1. The van der Waals surface area contributed by atoms with E-state index < -0.39 is 10.0 Å². The maximum absolute atomic E-state index is 12.9. The van der Waals surface area contributed by atoms with Gasteiger partial charge in [0.25, 0.3) is 5.91 Å². The number of morpholine rings is 1. The molecule has 1 amide bonds. The number of benzene rings is 2. The number of hydrogen-bond donors (Lipinski definition) is 1. The van der Waals surface area contributed by atoms with Crippen LogP contribution in [0.4, 0.5) is 0 Å². The van der Waals surface area contributed by atoms with Gasteiger partial charge in [0, 0.05) is 18.7 Å². The normalized spacial score (nSPS) is 19.6. The number of sulfonamides is 1. The molecular weight excluding hydrogens is 420 g/mol. The molecular formula is C22H28N2O6S. The molecule has 2 aromatic rings. The van der Waals surface area contributed by atoms with E-state index in [1.54, 1.807) is 19.2 Å². The van der Waals surface area contributed by atoms with Crippen LogP contribution in [-0.4, -0.2) is 64.2 Å². The summed E-state index contributed by atoms with van der Waals surface area (Å²) >= 11 is 0. The molecule has 2 atom stereocenters. The second-order valence-electron chi connectivity index (χ2n) is 7.36. The second kappa shape index (κ2) is 10.1. The number of nitrogens with zero attached hydrogens (tertiary/aromatic N) is 1. The molecule has 0 aromatic heterocycles. The lowest BCUT2D eigenvalue weighted by molar-refractivity contribution is -0.0440. The molecule has 8 nitrogen and oxygen atoms in total. The number of amides is 1. The summed E-state index contributed by atoms with van der Waals surface area (Å²) in [6.45, 7) is 4.88. The van der Waals surface area contributed by atoms with Gasteiger partial charge >= 0.3 is 0 Å². The largest absolute Gasteiger partial charge is 0.493 e. The summed E-state index contributed by atoms with van der Waals surface area (Å²) < 4.78 is 43.7. The Morgan fingerprint density at radius 2 is 1.68 bits per heavy atom. The van der Waals surface area contributed by atoms with E-state index in [1.165, 1.54) is 28.6 Å². The highest BCUT2D eigenvalue weighted by molar-refractivity contribution is 7.89. The van der Waals surface area contributed by atoms with Gasteiger partial charge in [-0.3, -0.25) is 4.79 Å².